The van der Waals surface area contributed by atoms with Crippen LogP contribution >= 0.6 is 0 Å². The van der Waals surface area contributed by atoms with Crippen LogP contribution in [-0.4, -0.2) is 0 Å². The highest BCUT2D eigenvalue weighted by Gasteiger charge is 1.92. The molecule has 0 N–H and O–H groups in total. The molecule has 178 valence electrons. The van der Waals surface area contributed by atoms with Crippen LogP contribution in [0, 0.1) is 0 Å². The molecule has 0 saturated heterocycles. The van der Waals surface area contributed by atoms with Gasteiger partial charge in [0.2, 0.25) is 0 Å². The Kier molecular flexibility index (Phi) is 28.0. The van der Waals surface area contributed by atoms with Gasteiger partial charge in [-0.15, -0.1) is 0 Å². The fourth-order valence-electron chi connectivity index (χ4n) is 4.14. The van der Waals surface area contributed by atoms with E-state index in [2.05, 4.69) is 38.2 Å². The first-order chi connectivity index (χ1) is 14.9. The van der Waals surface area contributed by atoms with Gasteiger partial charge in [-0.05, 0) is 51.4 Å². The lowest BCUT2D eigenvalue weighted by Crippen LogP contribution is -1.81. The van der Waals surface area contributed by atoms with Gasteiger partial charge in [-0.3, -0.25) is 0 Å². The summed E-state index contributed by atoms with van der Waals surface area (Å²) in [6.07, 6.45) is 43.4. The van der Waals surface area contributed by atoms with Crippen molar-refractivity contribution in [1.29, 1.82) is 0 Å². The van der Waals surface area contributed by atoms with Gasteiger partial charge in [0.1, 0.15) is 0 Å². The van der Waals surface area contributed by atoms with Gasteiger partial charge in [-0.1, -0.05) is 141 Å². The molecule has 0 heterocycles. The fourth-order valence-corrected chi connectivity index (χ4v) is 4.14. The largest absolute Gasteiger partial charge is 0.0885 e. The zero-order chi connectivity index (χ0) is 21.8. The molecule has 0 aromatic heterocycles. The van der Waals surface area contributed by atoms with Crippen LogP contribution in [0.4, 0.5) is 0 Å². The number of allylic oxidation sites excluding steroid dienone is 4. The Morgan fingerprint density at radius 3 is 0.700 bits per heavy atom. The van der Waals surface area contributed by atoms with Crippen molar-refractivity contribution in [2.45, 2.75) is 168 Å². The van der Waals surface area contributed by atoms with Crippen molar-refractivity contribution >= 4 is 0 Å². The lowest BCUT2D eigenvalue weighted by Gasteiger charge is -2.00. The molecule has 0 unspecified atom stereocenters. The van der Waals surface area contributed by atoms with Crippen LogP contribution in [0.1, 0.15) is 168 Å². The zero-order valence-electron chi connectivity index (χ0n) is 21.3. The van der Waals surface area contributed by atoms with Gasteiger partial charge >= 0.3 is 0 Å². The van der Waals surface area contributed by atoms with E-state index in [0.717, 1.165) is 0 Å². The Morgan fingerprint density at radius 2 is 0.467 bits per heavy atom. The molecule has 0 bridgehead atoms. The van der Waals surface area contributed by atoms with Crippen LogP contribution in [0.15, 0.2) is 24.3 Å². The first-order valence-corrected chi connectivity index (χ1v) is 14.2. The van der Waals surface area contributed by atoms with E-state index in [1.807, 2.05) is 0 Å². The summed E-state index contributed by atoms with van der Waals surface area (Å²) in [5, 5.41) is 0. The van der Waals surface area contributed by atoms with E-state index in [1.165, 1.54) is 154 Å². The lowest BCUT2D eigenvalue weighted by atomic mass is 10.1. The topological polar surface area (TPSA) is 0 Å². The first kappa shape index (κ1) is 29.5. The second-order valence-electron chi connectivity index (χ2n) is 9.46. The lowest BCUT2D eigenvalue weighted by molar-refractivity contribution is 0.577. The maximum absolute atomic E-state index is 2.44. The second kappa shape index (κ2) is 28.5. The summed E-state index contributed by atoms with van der Waals surface area (Å²) in [4.78, 5) is 0. The summed E-state index contributed by atoms with van der Waals surface area (Å²) in [6.45, 7) is 4.59. The van der Waals surface area contributed by atoms with Crippen molar-refractivity contribution in [3.05, 3.63) is 24.3 Å². The average Bonchev–Trinajstić information content (AvgIpc) is 2.76. The van der Waals surface area contributed by atoms with Gasteiger partial charge in [-0.25, -0.2) is 0 Å². The molecule has 0 aromatic carbocycles. The van der Waals surface area contributed by atoms with Gasteiger partial charge in [0.05, 0.1) is 0 Å². The molecule has 0 aromatic rings. The molecule has 0 aliphatic heterocycles. The van der Waals surface area contributed by atoms with Gasteiger partial charge < -0.3 is 0 Å². The molecule has 0 aliphatic rings. The minimum Gasteiger partial charge on any atom is -0.0885 e. The predicted octanol–water partition coefficient (Wildman–Crippen LogP) is 11.5. The molecule has 0 atom stereocenters. The standard InChI is InChI=1S/C30H58/c1-3-5-7-9-11-13-15-17-19-21-23-25-27-29-30-28-26-24-22-20-18-16-14-12-10-8-6-4-2/h17,19,22,24H,3-16,18,20-21,23,25-30H2,1-2H3. The number of unbranched alkanes of at least 4 members (excludes halogenated alkanes) is 21. The summed E-state index contributed by atoms with van der Waals surface area (Å²) in [7, 11) is 0. The quantitative estimate of drug-likeness (QED) is 0.102. The van der Waals surface area contributed by atoms with Crippen molar-refractivity contribution in [1.82, 2.24) is 0 Å². The summed E-state index contributed by atoms with van der Waals surface area (Å²) < 4.78 is 0. The Balaban J connectivity index is 3.12. The van der Waals surface area contributed by atoms with Gasteiger partial charge in [-0.2, -0.15) is 0 Å². The Bertz CT molecular complexity index is 338. The Hall–Kier alpha value is -0.520. The minimum absolute atomic E-state index is 1.30. The van der Waals surface area contributed by atoms with Crippen molar-refractivity contribution in [3.63, 3.8) is 0 Å². The van der Waals surface area contributed by atoms with Crippen LogP contribution in [-0.2, 0) is 0 Å². The van der Waals surface area contributed by atoms with Crippen LogP contribution in [0.3, 0.4) is 0 Å². The average molecular weight is 419 g/mol. The van der Waals surface area contributed by atoms with Gasteiger partial charge in [0, 0.05) is 0 Å². The predicted molar refractivity (Wildman–Crippen MR) is 140 cm³/mol. The van der Waals surface area contributed by atoms with E-state index < -0.39 is 0 Å². The maximum atomic E-state index is 2.44. The van der Waals surface area contributed by atoms with Crippen LogP contribution in [0.25, 0.3) is 0 Å². The summed E-state index contributed by atoms with van der Waals surface area (Å²) in [6, 6.07) is 0. The van der Waals surface area contributed by atoms with Crippen molar-refractivity contribution in [2.75, 3.05) is 0 Å². The SMILES string of the molecule is CCCCCCCCC=CCCCCCCCCC=CCCCCCCCCCC. The maximum Gasteiger partial charge on any atom is -0.0351 e. The Morgan fingerprint density at radius 1 is 0.267 bits per heavy atom. The van der Waals surface area contributed by atoms with Crippen LogP contribution < -0.4 is 0 Å². The molecule has 0 fully saturated rings. The van der Waals surface area contributed by atoms with E-state index in [9.17, 15) is 0 Å². The third kappa shape index (κ3) is 27.5. The highest BCUT2D eigenvalue weighted by Crippen LogP contribution is 2.12. The molecule has 0 radical (unpaired) electrons. The third-order valence-electron chi connectivity index (χ3n) is 6.27. The van der Waals surface area contributed by atoms with E-state index in [0.29, 0.717) is 0 Å². The smallest absolute Gasteiger partial charge is 0.0351 e. The molecular weight excluding hydrogens is 360 g/mol. The monoisotopic (exact) mass is 418 g/mol. The van der Waals surface area contributed by atoms with Crippen LogP contribution in [0.5, 0.6) is 0 Å². The molecule has 0 saturated carbocycles. The molecule has 0 aliphatic carbocycles. The summed E-state index contributed by atoms with van der Waals surface area (Å²) in [5.41, 5.74) is 0. The van der Waals surface area contributed by atoms with Crippen molar-refractivity contribution in [3.8, 4) is 0 Å². The van der Waals surface area contributed by atoms with Gasteiger partial charge in [0.25, 0.3) is 0 Å². The zero-order valence-corrected chi connectivity index (χ0v) is 21.3. The van der Waals surface area contributed by atoms with Gasteiger partial charge in [0.15, 0.2) is 0 Å². The molecule has 0 rings (SSSR count). The number of hydrogen-bond acceptors (Lipinski definition) is 0. The number of hydrogen-bond donors (Lipinski definition) is 0. The van der Waals surface area contributed by atoms with E-state index in [1.54, 1.807) is 0 Å². The summed E-state index contributed by atoms with van der Waals surface area (Å²) in [5.74, 6) is 0. The molecule has 0 heteroatoms. The summed E-state index contributed by atoms with van der Waals surface area (Å²) >= 11 is 0. The minimum atomic E-state index is 1.30. The number of rotatable bonds is 25. The molecule has 0 amide bonds. The van der Waals surface area contributed by atoms with Crippen molar-refractivity contribution in [2.24, 2.45) is 0 Å². The molecule has 0 nitrogen and oxygen atoms in total. The van der Waals surface area contributed by atoms with Crippen molar-refractivity contribution < 1.29 is 0 Å². The third-order valence-corrected chi connectivity index (χ3v) is 6.27. The van der Waals surface area contributed by atoms with E-state index in [4.69, 9.17) is 0 Å². The normalized spacial score (nSPS) is 11.9. The Labute approximate surface area is 192 Å². The first-order valence-electron chi connectivity index (χ1n) is 14.2. The molecular formula is C30H58. The highest BCUT2D eigenvalue weighted by molar-refractivity contribution is 4.82. The molecule has 30 heavy (non-hydrogen) atoms. The van der Waals surface area contributed by atoms with Crippen LogP contribution in [0.2, 0.25) is 0 Å². The van der Waals surface area contributed by atoms with E-state index >= 15 is 0 Å². The molecule has 0 spiro atoms. The highest BCUT2D eigenvalue weighted by atomic mass is 14.0. The van der Waals surface area contributed by atoms with E-state index in [-0.39, 0.29) is 0 Å². The second-order valence-corrected chi connectivity index (χ2v) is 9.46. The fraction of sp³-hybridized carbons (Fsp3) is 0.867.